The second-order valence-electron chi connectivity index (χ2n) is 18.4. The largest absolute Gasteiger partial charge is 0.544 e. The molecular weight excluding hydrogens is 787 g/mol. The van der Waals surface area contributed by atoms with Crippen LogP contribution >= 0.6 is 0 Å². The summed E-state index contributed by atoms with van der Waals surface area (Å²) >= 11 is 0. The Balaban J connectivity index is 4.29. The SMILES string of the molecule is CC/C=C/C/C=C/C/C=C/C/C=C/C/C=C/CCCCCCC(=O)OC(COCCC(C(=O)[O-])[N+](C)(C)C)COC(=O)CCCCCCCCCCCCCCCCCCCCC. The van der Waals surface area contributed by atoms with E-state index in [1.54, 1.807) is 21.1 Å². The molecule has 0 aliphatic heterocycles. The van der Waals surface area contributed by atoms with Crippen LogP contribution in [0, 0.1) is 0 Å². The molecule has 364 valence electrons. The highest BCUT2D eigenvalue weighted by Gasteiger charge is 2.25. The van der Waals surface area contributed by atoms with Gasteiger partial charge in [0.15, 0.2) is 6.10 Å². The van der Waals surface area contributed by atoms with Crippen LogP contribution in [-0.4, -0.2) is 75.5 Å². The van der Waals surface area contributed by atoms with Gasteiger partial charge < -0.3 is 28.6 Å². The van der Waals surface area contributed by atoms with E-state index in [-0.39, 0.29) is 42.7 Å². The predicted octanol–water partition coefficient (Wildman–Crippen LogP) is 13.6. The summed E-state index contributed by atoms with van der Waals surface area (Å²) in [6.45, 7) is 4.55. The minimum absolute atomic E-state index is 0.0302. The number of unbranched alkanes of at least 4 members (excludes halogenated alkanes) is 22. The fraction of sp³-hybridized carbons (Fsp3) is 0.764. The highest BCUT2D eigenvalue weighted by atomic mass is 16.6. The summed E-state index contributed by atoms with van der Waals surface area (Å²) in [6.07, 6.45) is 56.8. The lowest BCUT2D eigenvalue weighted by Crippen LogP contribution is -2.55. The van der Waals surface area contributed by atoms with Crippen LogP contribution in [0.3, 0.4) is 0 Å². The molecule has 2 atom stereocenters. The number of likely N-dealkylation sites (N-methyl/N-ethyl adjacent to an activating group) is 1. The number of carboxylic acid groups (broad SMARTS) is 1. The number of allylic oxidation sites excluding steroid dienone is 10. The van der Waals surface area contributed by atoms with Crippen molar-refractivity contribution in [1.82, 2.24) is 0 Å². The first-order chi connectivity index (χ1) is 30.6. The Morgan fingerprint density at radius 2 is 0.889 bits per heavy atom. The summed E-state index contributed by atoms with van der Waals surface area (Å²) in [6, 6.07) is -0.732. The molecule has 0 fully saturated rings. The quantitative estimate of drug-likeness (QED) is 0.0260. The van der Waals surface area contributed by atoms with E-state index in [2.05, 4.69) is 74.6 Å². The molecule has 0 rings (SSSR count). The molecule has 0 aromatic carbocycles. The van der Waals surface area contributed by atoms with Gasteiger partial charge >= 0.3 is 11.9 Å². The number of carboxylic acids is 1. The maximum atomic E-state index is 12.8. The minimum Gasteiger partial charge on any atom is -0.544 e. The molecule has 0 bridgehead atoms. The summed E-state index contributed by atoms with van der Waals surface area (Å²) in [7, 11) is 5.41. The number of carbonyl (C=O) groups excluding carboxylic acids is 3. The molecule has 0 heterocycles. The van der Waals surface area contributed by atoms with Crippen molar-refractivity contribution in [2.24, 2.45) is 0 Å². The van der Waals surface area contributed by atoms with Crippen molar-refractivity contribution in [3.05, 3.63) is 60.8 Å². The first-order valence-corrected chi connectivity index (χ1v) is 25.8. The second-order valence-corrected chi connectivity index (χ2v) is 18.4. The Kier molecular flexibility index (Phi) is 43.4. The predicted molar refractivity (Wildman–Crippen MR) is 263 cm³/mol. The van der Waals surface area contributed by atoms with E-state index in [4.69, 9.17) is 14.2 Å². The standard InChI is InChI=1S/C55H97NO7/c1-6-8-10-12-14-16-18-20-22-24-26-28-30-32-34-36-38-40-42-44-46-54(58)63-51(49-61-48-47-52(55(59)60)56(3,4)5)50-62-53(57)45-43-41-39-37-35-33-31-29-27-25-23-21-19-17-15-13-11-9-7-2/h8,10,14,16,20,22,26,28,32,34,51-52H,6-7,9,11-13,15,17-19,21,23-25,27,29-31,33,35-50H2,1-5H3/b10-8+,16-14+,22-20+,28-26+,34-32+. The zero-order chi connectivity index (χ0) is 46.3. The van der Waals surface area contributed by atoms with Gasteiger partial charge in [-0.1, -0.05) is 203 Å². The number of esters is 2. The molecular formula is C55H97NO7. The van der Waals surface area contributed by atoms with E-state index in [1.165, 1.54) is 103 Å². The maximum Gasteiger partial charge on any atom is 0.306 e. The fourth-order valence-corrected chi connectivity index (χ4v) is 7.45. The van der Waals surface area contributed by atoms with Crippen LogP contribution in [0.15, 0.2) is 60.8 Å². The van der Waals surface area contributed by atoms with E-state index >= 15 is 0 Å². The molecule has 0 radical (unpaired) electrons. The zero-order valence-electron chi connectivity index (χ0n) is 41.5. The van der Waals surface area contributed by atoms with Gasteiger partial charge in [-0.15, -0.1) is 0 Å². The van der Waals surface area contributed by atoms with E-state index in [0.29, 0.717) is 12.8 Å². The molecule has 0 saturated carbocycles. The first kappa shape index (κ1) is 60.0. The average Bonchev–Trinajstić information content (AvgIpc) is 3.24. The van der Waals surface area contributed by atoms with Crippen molar-refractivity contribution in [1.29, 1.82) is 0 Å². The third-order valence-electron chi connectivity index (χ3n) is 11.4. The second kappa shape index (κ2) is 45.6. The normalized spacial score (nSPS) is 13.3. The number of nitrogens with zero attached hydrogens (tertiary/aromatic N) is 1. The van der Waals surface area contributed by atoms with Crippen LogP contribution in [-0.2, 0) is 28.6 Å². The number of aliphatic carboxylic acids is 1. The third kappa shape index (κ3) is 44.0. The average molecular weight is 884 g/mol. The molecule has 0 N–H and O–H groups in total. The van der Waals surface area contributed by atoms with Gasteiger partial charge in [-0.25, -0.2) is 0 Å². The first-order valence-electron chi connectivity index (χ1n) is 25.8. The lowest BCUT2D eigenvalue weighted by atomic mass is 10.0. The zero-order valence-corrected chi connectivity index (χ0v) is 41.5. The number of rotatable bonds is 46. The number of hydrogen-bond acceptors (Lipinski definition) is 7. The van der Waals surface area contributed by atoms with Gasteiger partial charge in [0, 0.05) is 19.3 Å². The lowest BCUT2D eigenvalue weighted by molar-refractivity contribution is -0.889. The third-order valence-corrected chi connectivity index (χ3v) is 11.4. The summed E-state index contributed by atoms with van der Waals surface area (Å²) in [4.78, 5) is 37.0. The highest BCUT2D eigenvalue weighted by Crippen LogP contribution is 2.16. The topological polar surface area (TPSA) is 102 Å². The number of ether oxygens (including phenoxy) is 3. The van der Waals surface area contributed by atoms with Crippen LogP contribution in [0.25, 0.3) is 0 Å². The molecule has 0 saturated heterocycles. The lowest BCUT2D eigenvalue weighted by Gasteiger charge is -2.34. The van der Waals surface area contributed by atoms with Crippen LogP contribution in [0.4, 0.5) is 0 Å². The van der Waals surface area contributed by atoms with Crippen molar-refractivity contribution in [2.45, 2.75) is 231 Å². The summed E-state index contributed by atoms with van der Waals surface area (Å²) < 4.78 is 17.2. The van der Waals surface area contributed by atoms with E-state index in [1.807, 2.05) is 0 Å². The van der Waals surface area contributed by atoms with Crippen molar-refractivity contribution in [3.63, 3.8) is 0 Å². The van der Waals surface area contributed by atoms with Gasteiger partial charge in [-0.3, -0.25) is 9.59 Å². The molecule has 8 heteroatoms. The molecule has 0 amide bonds. The van der Waals surface area contributed by atoms with Crippen molar-refractivity contribution in [3.8, 4) is 0 Å². The smallest absolute Gasteiger partial charge is 0.306 e. The molecule has 0 aliphatic rings. The summed E-state index contributed by atoms with van der Waals surface area (Å²) in [5, 5.41) is 11.7. The Morgan fingerprint density at radius 1 is 0.492 bits per heavy atom. The fourth-order valence-electron chi connectivity index (χ4n) is 7.45. The van der Waals surface area contributed by atoms with Crippen molar-refractivity contribution in [2.75, 3.05) is 41.0 Å². The van der Waals surface area contributed by atoms with Crippen molar-refractivity contribution < 1.29 is 38.2 Å². The molecule has 0 spiro atoms. The van der Waals surface area contributed by atoms with Crippen molar-refractivity contribution >= 4 is 17.9 Å². The van der Waals surface area contributed by atoms with E-state index in [9.17, 15) is 19.5 Å². The Labute approximate surface area is 388 Å². The number of hydrogen-bond donors (Lipinski definition) is 0. The molecule has 8 nitrogen and oxygen atoms in total. The Bertz CT molecular complexity index is 1210. The van der Waals surface area contributed by atoms with Crippen LogP contribution in [0.2, 0.25) is 0 Å². The van der Waals surface area contributed by atoms with Crippen LogP contribution in [0.1, 0.15) is 219 Å². The van der Waals surface area contributed by atoms with Gasteiger partial charge in [0.25, 0.3) is 0 Å². The number of carbonyl (C=O) groups is 3. The van der Waals surface area contributed by atoms with Gasteiger partial charge in [-0.2, -0.15) is 0 Å². The molecule has 63 heavy (non-hydrogen) atoms. The van der Waals surface area contributed by atoms with Gasteiger partial charge in [-0.05, 0) is 57.8 Å². The van der Waals surface area contributed by atoms with Gasteiger partial charge in [0.2, 0.25) is 0 Å². The van der Waals surface area contributed by atoms with Crippen LogP contribution < -0.4 is 5.11 Å². The van der Waals surface area contributed by atoms with Gasteiger partial charge in [0.1, 0.15) is 12.6 Å². The minimum atomic E-state index is -1.13. The Morgan fingerprint density at radius 3 is 1.32 bits per heavy atom. The van der Waals surface area contributed by atoms with Crippen LogP contribution in [0.5, 0.6) is 0 Å². The van der Waals surface area contributed by atoms with Gasteiger partial charge in [0.05, 0.1) is 40.3 Å². The molecule has 0 aromatic rings. The Hall–Kier alpha value is -2.97. The van der Waals surface area contributed by atoms with E-state index < -0.39 is 18.1 Å². The van der Waals surface area contributed by atoms with E-state index in [0.717, 1.165) is 83.5 Å². The molecule has 2 unspecified atom stereocenters. The monoisotopic (exact) mass is 884 g/mol. The molecule has 0 aliphatic carbocycles. The summed E-state index contributed by atoms with van der Waals surface area (Å²) in [5.74, 6) is -1.76. The number of quaternary nitrogens is 1. The summed E-state index contributed by atoms with van der Waals surface area (Å²) in [5.41, 5.74) is 0. The highest BCUT2D eigenvalue weighted by molar-refractivity contribution is 5.70. The molecule has 0 aromatic heterocycles. The maximum absolute atomic E-state index is 12.8.